The number of hydrogen-bond donors (Lipinski definition) is 2. The molecule has 182 valence electrons. The molecular formula is C26H29ClN6O2. The van der Waals surface area contributed by atoms with Gasteiger partial charge in [-0.1, -0.05) is 30.7 Å². The lowest BCUT2D eigenvalue weighted by molar-refractivity contribution is -0.168. The maximum atomic E-state index is 6.50. The summed E-state index contributed by atoms with van der Waals surface area (Å²) in [5.41, 5.74) is 14.8. The molecule has 8 nitrogen and oxygen atoms in total. The van der Waals surface area contributed by atoms with E-state index in [0.717, 1.165) is 41.2 Å². The number of aryl methyl sites for hydroxylation is 1. The highest BCUT2D eigenvalue weighted by molar-refractivity contribution is 6.33. The van der Waals surface area contributed by atoms with Gasteiger partial charge in [-0.3, -0.25) is 0 Å². The molecule has 4 heterocycles. The molecule has 1 saturated carbocycles. The lowest BCUT2D eigenvalue weighted by atomic mass is 9.80. The minimum absolute atomic E-state index is 0.0350. The van der Waals surface area contributed by atoms with E-state index in [1.54, 1.807) is 0 Å². The lowest BCUT2D eigenvalue weighted by Crippen LogP contribution is -2.34. The number of nitrogen functional groups attached to an aromatic ring is 2. The zero-order valence-corrected chi connectivity index (χ0v) is 20.8. The van der Waals surface area contributed by atoms with Crippen LogP contribution in [0.3, 0.4) is 0 Å². The van der Waals surface area contributed by atoms with Crippen LogP contribution < -0.4 is 11.5 Å². The molecule has 4 aromatic rings. The van der Waals surface area contributed by atoms with Crippen molar-refractivity contribution in [3.05, 3.63) is 53.4 Å². The molecule has 35 heavy (non-hydrogen) atoms. The van der Waals surface area contributed by atoms with Gasteiger partial charge in [0.1, 0.15) is 29.7 Å². The fourth-order valence-electron chi connectivity index (χ4n) is 5.87. The van der Waals surface area contributed by atoms with Gasteiger partial charge in [-0.15, -0.1) is 0 Å². The summed E-state index contributed by atoms with van der Waals surface area (Å²) < 4.78 is 15.2. The Bertz CT molecular complexity index is 1450. The molecule has 0 amide bonds. The van der Waals surface area contributed by atoms with E-state index in [1.165, 1.54) is 11.9 Å². The zero-order valence-electron chi connectivity index (χ0n) is 20.0. The van der Waals surface area contributed by atoms with E-state index in [0.29, 0.717) is 16.7 Å². The number of rotatable bonds is 4. The van der Waals surface area contributed by atoms with Crippen molar-refractivity contribution in [1.29, 1.82) is 0 Å². The summed E-state index contributed by atoms with van der Waals surface area (Å²) in [6.45, 7) is 6.28. The Morgan fingerprint density at radius 1 is 1.09 bits per heavy atom. The summed E-state index contributed by atoms with van der Waals surface area (Å²) in [5, 5.41) is 2.32. The Morgan fingerprint density at radius 2 is 1.91 bits per heavy atom. The fraction of sp³-hybridized carbons (Fsp3) is 0.423. The van der Waals surface area contributed by atoms with Crippen LogP contribution in [0.4, 0.5) is 11.6 Å². The minimum Gasteiger partial charge on any atom is -0.383 e. The number of halogens is 1. The molecule has 9 heteroatoms. The van der Waals surface area contributed by atoms with Crippen LogP contribution in [0.1, 0.15) is 45.2 Å². The van der Waals surface area contributed by atoms with Crippen molar-refractivity contribution in [3.8, 4) is 0 Å². The quantitative estimate of drug-likeness (QED) is 0.416. The predicted molar refractivity (Wildman–Crippen MR) is 137 cm³/mol. The molecule has 2 aliphatic rings. The summed E-state index contributed by atoms with van der Waals surface area (Å²) in [4.78, 5) is 13.1. The topological polar surface area (TPSA) is 114 Å². The molecule has 0 bridgehead atoms. The molecule has 4 atom stereocenters. The number of anilines is 2. The normalized spacial score (nSPS) is 27.6. The second-order valence-corrected chi connectivity index (χ2v) is 11.0. The molecule has 1 aliphatic heterocycles. The van der Waals surface area contributed by atoms with Crippen LogP contribution in [0.5, 0.6) is 0 Å². The minimum atomic E-state index is -0.643. The van der Waals surface area contributed by atoms with E-state index in [9.17, 15) is 0 Å². The van der Waals surface area contributed by atoms with Crippen molar-refractivity contribution in [3.63, 3.8) is 0 Å². The molecule has 4 N–H and O–H groups in total. The molecule has 1 unspecified atom stereocenters. The molecule has 0 radical (unpaired) electrons. The van der Waals surface area contributed by atoms with Crippen molar-refractivity contribution in [1.82, 2.24) is 19.5 Å². The number of hydrogen-bond acceptors (Lipinski definition) is 7. The van der Waals surface area contributed by atoms with Crippen molar-refractivity contribution in [2.24, 2.45) is 5.41 Å². The van der Waals surface area contributed by atoms with Crippen LogP contribution in [0.2, 0.25) is 5.02 Å². The highest BCUT2D eigenvalue weighted by Gasteiger charge is 2.59. The average molecular weight is 493 g/mol. The second-order valence-electron chi connectivity index (χ2n) is 10.5. The van der Waals surface area contributed by atoms with Crippen LogP contribution in [0, 0.1) is 5.41 Å². The Kier molecular flexibility index (Phi) is 5.01. The van der Waals surface area contributed by atoms with Crippen molar-refractivity contribution < 1.29 is 9.47 Å². The fourth-order valence-corrected chi connectivity index (χ4v) is 6.03. The van der Waals surface area contributed by atoms with Gasteiger partial charge < -0.3 is 25.5 Å². The number of pyridine rings is 1. The zero-order chi connectivity index (χ0) is 24.5. The van der Waals surface area contributed by atoms with Gasteiger partial charge in [0.25, 0.3) is 0 Å². The smallest absolute Gasteiger partial charge is 0.163 e. The first-order valence-electron chi connectivity index (χ1n) is 11.9. The number of ether oxygens (including phenoxy) is 2. The summed E-state index contributed by atoms with van der Waals surface area (Å²) in [6.07, 6.45) is 6.17. The van der Waals surface area contributed by atoms with E-state index in [2.05, 4.69) is 44.6 Å². The Hall–Kier alpha value is -2.94. The Balaban J connectivity index is 1.31. The van der Waals surface area contributed by atoms with E-state index in [1.807, 2.05) is 32.2 Å². The van der Waals surface area contributed by atoms with Crippen molar-refractivity contribution in [2.45, 2.75) is 64.1 Å². The molecule has 1 aromatic carbocycles. The standard InChI is InChI=1S/C26H29ClN6O2/c1-25(2)34-20-19(33-9-7-16-22(28)30-13-31-24(16)33)12-26(3,21(20)35-25)8-6-14-4-5-15-11-17(27)23(29)32-18(15)10-14/h4-5,7,9-11,13,19-21H,6,8,12H2,1-3H3,(H2,29,32)(H2,28,30,31)/t19?,20-,21-,26-/m0/s1. The monoisotopic (exact) mass is 492 g/mol. The van der Waals surface area contributed by atoms with Gasteiger partial charge in [0.05, 0.1) is 28.1 Å². The summed E-state index contributed by atoms with van der Waals surface area (Å²) in [5.74, 6) is 0.198. The SMILES string of the molecule is CC1(C)O[C@H]2C(n3ccc4c(N)ncnc43)C[C@](C)(CCc3ccc4cc(Cl)c(N)nc4c3)[C@H]2O1. The molecule has 1 aliphatic carbocycles. The number of nitrogens with zero attached hydrogens (tertiary/aromatic N) is 4. The highest BCUT2D eigenvalue weighted by Crippen LogP contribution is 2.55. The molecule has 2 fully saturated rings. The summed E-state index contributed by atoms with van der Waals surface area (Å²) >= 11 is 6.14. The van der Waals surface area contributed by atoms with Crippen molar-refractivity contribution >= 4 is 45.2 Å². The third kappa shape index (κ3) is 3.71. The Labute approximate surface area is 208 Å². The van der Waals surface area contributed by atoms with Crippen LogP contribution >= 0.6 is 11.6 Å². The van der Waals surface area contributed by atoms with Crippen LogP contribution in [0.25, 0.3) is 21.9 Å². The molecular weight excluding hydrogens is 464 g/mol. The van der Waals surface area contributed by atoms with Gasteiger partial charge in [-0.05, 0) is 62.3 Å². The number of nitrogens with two attached hydrogens (primary N) is 2. The molecule has 1 saturated heterocycles. The molecule has 0 spiro atoms. The van der Waals surface area contributed by atoms with E-state index < -0.39 is 5.79 Å². The largest absolute Gasteiger partial charge is 0.383 e. The first-order chi connectivity index (χ1) is 16.6. The summed E-state index contributed by atoms with van der Waals surface area (Å²) in [7, 11) is 0. The highest BCUT2D eigenvalue weighted by atomic mass is 35.5. The van der Waals surface area contributed by atoms with E-state index in [4.69, 9.17) is 32.5 Å². The first kappa shape index (κ1) is 22.5. The third-order valence-electron chi connectivity index (χ3n) is 7.62. The number of aromatic nitrogens is 4. The van der Waals surface area contributed by atoms with Gasteiger partial charge in [-0.2, -0.15) is 0 Å². The van der Waals surface area contributed by atoms with Gasteiger partial charge in [0, 0.05) is 11.6 Å². The van der Waals surface area contributed by atoms with Gasteiger partial charge >= 0.3 is 0 Å². The molecule has 6 rings (SSSR count). The second kappa shape index (κ2) is 7.78. The van der Waals surface area contributed by atoms with E-state index in [-0.39, 0.29) is 23.7 Å². The Morgan fingerprint density at radius 3 is 2.74 bits per heavy atom. The number of fused-ring (bicyclic) bond motifs is 3. The van der Waals surface area contributed by atoms with Gasteiger partial charge in [0.15, 0.2) is 5.79 Å². The maximum absolute atomic E-state index is 6.50. The van der Waals surface area contributed by atoms with Crippen LogP contribution in [-0.2, 0) is 15.9 Å². The summed E-state index contributed by atoms with van der Waals surface area (Å²) in [6, 6.07) is 10.2. The lowest BCUT2D eigenvalue weighted by Gasteiger charge is -2.32. The van der Waals surface area contributed by atoms with Crippen molar-refractivity contribution in [2.75, 3.05) is 11.5 Å². The third-order valence-corrected chi connectivity index (χ3v) is 7.92. The van der Waals surface area contributed by atoms with E-state index >= 15 is 0 Å². The number of benzene rings is 1. The molecule has 3 aromatic heterocycles. The van der Waals surface area contributed by atoms with Gasteiger partial charge in [0.2, 0.25) is 0 Å². The van der Waals surface area contributed by atoms with Crippen LogP contribution in [-0.4, -0.2) is 37.5 Å². The predicted octanol–water partition coefficient (Wildman–Crippen LogP) is 4.90. The van der Waals surface area contributed by atoms with Gasteiger partial charge in [-0.25, -0.2) is 15.0 Å². The average Bonchev–Trinajstić information content (AvgIpc) is 3.45. The van der Waals surface area contributed by atoms with Crippen LogP contribution in [0.15, 0.2) is 42.9 Å². The first-order valence-corrected chi connectivity index (χ1v) is 12.3. The maximum Gasteiger partial charge on any atom is 0.163 e.